The fourth-order valence-corrected chi connectivity index (χ4v) is 4.60. The maximum atomic E-state index is 6.02. The van der Waals surface area contributed by atoms with E-state index in [9.17, 15) is 0 Å². The van der Waals surface area contributed by atoms with Gasteiger partial charge in [0.2, 0.25) is 0 Å². The Balaban J connectivity index is 1.63. The first-order chi connectivity index (χ1) is 10.7. The van der Waals surface area contributed by atoms with Crippen LogP contribution in [0.4, 0.5) is 0 Å². The number of fused-ring (bicyclic) bond motifs is 2. The minimum atomic E-state index is 0.414. The maximum absolute atomic E-state index is 6.02. The van der Waals surface area contributed by atoms with Crippen molar-refractivity contribution in [2.75, 3.05) is 26.7 Å². The van der Waals surface area contributed by atoms with E-state index in [-0.39, 0.29) is 0 Å². The van der Waals surface area contributed by atoms with E-state index >= 15 is 0 Å². The molecule has 0 bridgehead atoms. The second-order valence-electron chi connectivity index (χ2n) is 7.10. The number of nitrogens with zero attached hydrogens (tertiary/aromatic N) is 2. The van der Waals surface area contributed by atoms with Gasteiger partial charge in [-0.1, -0.05) is 12.5 Å². The molecule has 124 valence electrons. The summed E-state index contributed by atoms with van der Waals surface area (Å²) < 4.78 is 6.02. The topological polar surface area (TPSA) is 36.9 Å². The molecule has 1 heterocycles. The van der Waals surface area contributed by atoms with E-state index in [0.717, 1.165) is 38.5 Å². The van der Waals surface area contributed by atoms with Crippen molar-refractivity contribution in [3.63, 3.8) is 0 Å². The summed E-state index contributed by atoms with van der Waals surface area (Å²) in [5.74, 6) is 1.78. The number of unbranched alkanes of at least 4 members (excludes halogenated alkanes) is 1. The quantitative estimate of drug-likeness (QED) is 0.355. The Kier molecular flexibility index (Phi) is 4.76. The average Bonchev–Trinajstić information content (AvgIpc) is 2.87. The van der Waals surface area contributed by atoms with Gasteiger partial charge in [-0.05, 0) is 39.0 Å². The van der Waals surface area contributed by atoms with Crippen molar-refractivity contribution in [3.8, 4) is 0 Å². The zero-order valence-electron chi connectivity index (χ0n) is 14.2. The van der Waals surface area contributed by atoms with E-state index < -0.39 is 0 Å². The number of hydrogen-bond donors (Lipinski definition) is 1. The van der Waals surface area contributed by atoms with Gasteiger partial charge in [-0.25, -0.2) is 0 Å². The predicted octanol–water partition coefficient (Wildman–Crippen LogP) is 2.81. The Hall–Kier alpha value is -1.03. The van der Waals surface area contributed by atoms with Gasteiger partial charge in [0, 0.05) is 44.1 Å². The van der Waals surface area contributed by atoms with Crippen LogP contribution in [0.5, 0.6) is 0 Å². The van der Waals surface area contributed by atoms with Gasteiger partial charge in [-0.3, -0.25) is 4.99 Å². The minimum absolute atomic E-state index is 0.414. The molecule has 1 spiro atoms. The summed E-state index contributed by atoms with van der Waals surface area (Å²) in [7, 11) is 2.15. The first-order valence-electron chi connectivity index (χ1n) is 8.97. The molecule has 1 saturated heterocycles. The highest BCUT2D eigenvalue weighted by atomic mass is 16.5. The summed E-state index contributed by atoms with van der Waals surface area (Å²) >= 11 is 0. The van der Waals surface area contributed by atoms with Crippen LogP contribution in [0.2, 0.25) is 0 Å². The minimum Gasteiger partial charge on any atom is -0.377 e. The van der Waals surface area contributed by atoms with Gasteiger partial charge in [0.1, 0.15) is 0 Å². The monoisotopic (exact) mass is 305 g/mol. The molecular formula is C18H31N3O. The summed E-state index contributed by atoms with van der Waals surface area (Å²) in [6, 6.07) is 0.570. The van der Waals surface area contributed by atoms with Crippen LogP contribution >= 0.6 is 0 Å². The summed E-state index contributed by atoms with van der Waals surface area (Å²) in [5.41, 5.74) is 0.414. The number of aliphatic imine (C=N–C) groups is 1. The molecule has 3 unspecified atom stereocenters. The summed E-state index contributed by atoms with van der Waals surface area (Å²) in [5, 5.41) is 3.82. The van der Waals surface area contributed by atoms with E-state index in [1.54, 1.807) is 0 Å². The molecule has 1 N–H and O–H groups in total. The van der Waals surface area contributed by atoms with E-state index in [0.29, 0.717) is 23.5 Å². The third-order valence-corrected chi connectivity index (χ3v) is 5.89. The lowest BCUT2D eigenvalue weighted by molar-refractivity contribution is -0.171. The maximum Gasteiger partial charge on any atom is 0.193 e. The van der Waals surface area contributed by atoms with Crippen LogP contribution in [0.15, 0.2) is 17.6 Å². The molecule has 3 aliphatic rings. The molecule has 2 saturated carbocycles. The van der Waals surface area contributed by atoms with Crippen molar-refractivity contribution in [3.05, 3.63) is 12.7 Å². The summed E-state index contributed by atoms with van der Waals surface area (Å²) in [6.07, 6.45) is 9.94. The zero-order chi connectivity index (χ0) is 15.6. The fourth-order valence-electron chi connectivity index (χ4n) is 4.60. The number of rotatable bonds is 6. The van der Waals surface area contributed by atoms with E-state index in [1.165, 1.54) is 25.7 Å². The van der Waals surface area contributed by atoms with Crippen molar-refractivity contribution < 1.29 is 4.74 Å². The van der Waals surface area contributed by atoms with Gasteiger partial charge in [-0.15, -0.1) is 6.58 Å². The Morgan fingerprint density at radius 1 is 1.50 bits per heavy atom. The van der Waals surface area contributed by atoms with Crippen LogP contribution in [-0.4, -0.2) is 49.7 Å². The molecular weight excluding hydrogens is 274 g/mol. The molecule has 0 aromatic heterocycles. The Morgan fingerprint density at radius 3 is 2.95 bits per heavy atom. The van der Waals surface area contributed by atoms with Gasteiger partial charge in [0.25, 0.3) is 0 Å². The zero-order valence-corrected chi connectivity index (χ0v) is 14.2. The summed E-state index contributed by atoms with van der Waals surface area (Å²) in [4.78, 5) is 7.01. The molecule has 2 aliphatic carbocycles. The molecule has 0 amide bonds. The third kappa shape index (κ3) is 2.55. The largest absolute Gasteiger partial charge is 0.377 e. The number of allylic oxidation sites excluding steroid dienone is 1. The normalized spacial score (nSPS) is 32.1. The third-order valence-electron chi connectivity index (χ3n) is 5.89. The van der Waals surface area contributed by atoms with Crippen LogP contribution in [0.3, 0.4) is 0 Å². The Labute approximate surface area is 135 Å². The van der Waals surface area contributed by atoms with Crippen LogP contribution in [0.25, 0.3) is 0 Å². The highest BCUT2D eigenvalue weighted by Crippen LogP contribution is 2.62. The van der Waals surface area contributed by atoms with Gasteiger partial charge in [0.05, 0.1) is 6.10 Å². The number of hydrogen-bond acceptors (Lipinski definition) is 2. The molecule has 22 heavy (non-hydrogen) atoms. The number of nitrogens with one attached hydrogen (secondary N) is 1. The van der Waals surface area contributed by atoms with Crippen molar-refractivity contribution in [1.82, 2.24) is 10.2 Å². The van der Waals surface area contributed by atoms with Crippen molar-refractivity contribution in [2.24, 2.45) is 16.3 Å². The molecule has 4 nitrogen and oxygen atoms in total. The lowest BCUT2D eigenvalue weighted by Gasteiger charge is -2.63. The molecule has 3 fully saturated rings. The van der Waals surface area contributed by atoms with Gasteiger partial charge < -0.3 is 15.0 Å². The molecule has 3 rings (SSSR count). The standard InChI is InChI=1S/C18H31N3O/c1-4-6-7-12-21(3)17(19-5-2)20-15-14-9-13-22-16(14)18(15)10-8-11-18/h4,14-16H,1,5-13H2,2-3H3,(H,19,20). The first kappa shape index (κ1) is 15.9. The molecule has 1 aliphatic heterocycles. The van der Waals surface area contributed by atoms with E-state index in [1.807, 2.05) is 6.08 Å². The van der Waals surface area contributed by atoms with Crippen molar-refractivity contribution in [2.45, 2.75) is 57.6 Å². The molecule has 3 atom stereocenters. The van der Waals surface area contributed by atoms with Gasteiger partial charge in [0.15, 0.2) is 5.96 Å². The lowest BCUT2D eigenvalue weighted by atomic mass is 9.46. The fraction of sp³-hybridized carbons (Fsp3) is 0.833. The lowest BCUT2D eigenvalue weighted by Crippen LogP contribution is -2.72. The van der Waals surface area contributed by atoms with Crippen LogP contribution < -0.4 is 5.32 Å². The predicted molar refractivity (Wildman–Crippen MR) is 91.1 cm³/mol. The van der Waals surface area contributed by atoms with Crippen LogP contribution in [-0.2, 0) is 4.74 Å². The number of ether oxygens (including phenoxy) is 1. The SMILES string of the molecule is C=CCCCN(C)C(=NCC)NC1C2CCOC2C12CCC2. The first-order valence-corrected chi connectivity index (χ1v) is 8.97. The Morgan fingerprint density at radius 2 is 2.32 bits per heavy atom. The van der Waals surface area contributed by atoms with Crippen molar-refractivity contribution in [1.29, 1.82) is 0 Å². The van der Waals surface area contributed by atoms with Crippen molar-refractivity contribution >= 4 is 5.96 Å². The number of guanidine groups is 1. The van der Waals surface area contributed by atoms with Gasteiger partial charge >= 0.3 is 0 Å². The Bertz CT molecular complexity index is 430. The molecule has 0 aromatic rings. The average molecular weight is 305 g/mol. The second-order valence-corrected chi connectivity index (χ2v) is 7.10. The second kappa shape index (κ2) is 6.61. The highest BCUT2D eigenvalue weighted by molar-refractivity contribution is 5.80. The highest BCUT2D eigenvalue weighted by Gasteiger charge is 2.66. The summed E-state index contributed by atoms with van der Waals surface area (Å²) in [6.45, 7) is 8.73. The smallest absolute Gasteiger partial charge is 0.193 e. The molecule has 0 radical (unpaired) electrons. The molecule has 0 aromatic carbocycles. The van der Waals surface area contributed by atoms with Crippen LogP contribution in [0, 0.1) is 11.3 Å². The van der Waals surface area contributed by atoms with E-state index in [2.05, 4.69) is 30.8 Å². The van der Waals surface area contributed by atoms with Crippen LogP contribution in [0.1, 0.15) is 45.4 Å². The van der Waals surface area contributed by atoms with E-state index in [4.69, 9.17) is 9.73 Å². The van der Waals surface area contributed by atoms with Gasteiger partial charge in [-0.2, -0.15) is 0 Å². The molecule has 4 heteroatoms.